The molecule has 1 aliphatic heterocycles. The summed E-state index contributed by atoms with van der Waals surface area (Å²) in [6, 6.07) is 13.0. The number of anilines is 1. The van der Waals surface area contributed by atoms with E-state index in [1.54, 1.807) is 24.3 Å². The molecule has 2 aromatic carbocycles. The topological polar surface area (TPSA) is 73.0 Å². The molecule has 1 aliphatic carbocycles. The Morgan fingerprint density at radius 1 is 1.00 bits per heavy atom. The Hall–Kier alpha value is -2.42. The van der Waals surface area contributed by atoms with Crippen LogP contribution in [0.1, 0.15) is 54.6 Å². The maximum atomic E-state index is 13.1. The first-order valence-corrected chi connectivity index (χ1v) is 14.7. The van der Waals surface area contributed by atoms with Gasteiger partial charge in [-0.2, -0.15) is 4.31 Å². The predicted molar refractivity (Wildman–Crippen MR) is 145 cm³/mol. The summed E-state index contributed by atoms with van der Waals surface area (Å²) in [7, 11) is -1.39. The number of rotatable bonds is 9. The van der Waals surface area contributed by atoms with Crippen molar-refractivity contribution in [2.45, 2.75) is 56.9 Å². The number of amides is 1. The van der Waals surface area contributed by atoms with Crippen molar-refractivity contribution in [3.8, 4) is 0 Å². The van der Waals surface area contributed by atoms with E-state index in [1.807, 2.05) is 13.8 Å². The molecule has 196 valence electrons. The van der Waals surface area contributed by atoms with Crippen molar-refractivity contribution in [1.82, 2.24) is 14.5 Å². The lowest BCUT2D eigenvalue weighted by molar-refractivity contribution is 0.0933. The number of likely N-dealkylation sites (N-methyl/N-ethyl adjacent to an activating group) is 1. The molecule has 7 nitrogen and oxygen atoms in total. The standard InChI is InChI=1S/C28H40N4O3S/c1-4-15-32(16-5-2)36(34,35)25-13-10-23(11-14-25)28(33)29-24-12-9-22-7-6-8-27(26(22)21-24)31-19-17-30(3)18-20-31/h6-8,10-11,13-14,24H,4-5,9,12,15-21H2,1-3H3,(H,29,33). The van der Waals surface area contributed by atoms with Crippen molar-refractivity contribution < 1.29 is 13.2 Å². The smallest absolute Gasteiger partial charge is 0.251 e. The molecule has 1 fully saturated rings. The molecule has 0 bridgehead atoms. The summed E-state index contributed by atoms with van der Waals surface area (Å²) in [5, 5.41) is 3.21. The highest BCUT2D eigenvalue weighted by Crippen LogP contribution is 2.31. The summed E-state index contributed by atoms with van der Waals surface area (Å²) < 4.78 is 27.6. The van der Waals surface area contributed by atoms with Crippen LogP contribution in [0.5, 0.6) is 0 Å². The van der Waals surface area contributed by atoms with Gasteiger partial charge in [-0.25, -0.2) is 8.42 Å². The van der Waals surface area contributed by atoms with E-state index in [9.17, 15) is 13.2 Å². The highest BCUT2D eigenvalue weighted by atomic mass is 32.2. The lowest BCUT2D eigenvalue weighted by atomic mass is 9.86. The number of fused-ring (bicyclic) bond motifs is 1. The number of hydrogen-bond donors (Lipinski definition) is 1. The first-order chi connectivity index (χ1) is 17.3. The first-order valence-electron chi connectivity index (χ1n) is 13.3. The molecule has 1 heterocycles. The molecule has 0 aromatic heterocycles. The van der Waals surface area contributed by atoms with Crippen LogP contribution in [0.25, 0.3) is 0 Å². The molecule has 1 atom stereocenters. The first kappa shape index (κ1) is 26.6. The molecule has 8 heteroatoms. The molecule has 0 radical (unpaired) electrons. The zero-order valence-corrected chi connectivity index (χ0v) is 22.7. The highest BCUT2D eigenvalue weighted by molar-refractivity contribution is 7.89. The number of benzene rings is 2. The third-order valence-corrected chi connectivity index (χ3v) is 9.25. The molecular weight excluding hydrogens is 472 g/mol. The molecule has 2 aliphatic rings. The molecule has 36 heavy (non-hydrogen) atoms. The van der Waals surface area contributed by atoms with E-state index in [1.165, 1.54) is 21.1 Å². The van der Waals surface area contributed by atoms with Gasteiger partial charge in [0.25, 0.3) is 5.91 Å². The second kappa shape index (κ2) is 11.8. The van der Waals surface area contributed by atoms with Gasteiger partial charge < -0.3 is 15.1 Å². The average molecular weight is 513 g/mol. The number of aryl methyl sites for hydroxylation is 1. The molecule has 1 unspecified atom stereocenters. The van der Waals surface area contributed by atoms with E-state index < -0.39 is 10.0 Å². The van der Waals surface area contributed by atoms with Crippen molar-refractivity contribution in [2.24, 2.45) is 0 Å². The number of hydrogen-bond acceptors (Lipinski definition) is 5. The predicted octanol–water partition coefficient (Wildman–Crippen LogP) is 3.54. The summed E-state index contributed by atoms with van der Waals surface area (Å²) in [4.78, 5) is 18.1. The molecule has 1 amide bonds. The van der Waals surface area contributed by atoms with E-state index >= 15 is 0 Å². The summed E-state index contributed by atoms with van der Waals surface area (Å²) >= 11 is 0. The van der Waals surface area contributed by atoms with Crippen molar-refractivity contribution >= 4 is 21.6 Å². The number of nitrogens with one attached hydrogen (secondary N) is 1. The third-order valence-electron chi connectivity index (χ3n) is 7.34. The molecule has 1 saturated heterocycles. The van der Waals surface area contributed by atoms with Crippen molar-refractivity contribution in [2.75, 3.05) is 51.2 Å². The molecule has 4 rings (SSSR count). The van der Waals surface area contributed by atoms with E-state index in [0.29, 0.717) is 18.7 Å². The molecule has 2 aromatic rings. The Kier molecular flexibility index (Phi) is 8.70. The van der Waals surface area contributed by atoms with Gasteiger partial charge in [-0.1, -0.05) is 26.0 Å². The average Bonchev–Trinajstić information content (AvgIpc) is 2.89. The van der Waals surface area contributed by atoms with Crippen molar-refractivity contribution in [3.63, 3.8) is 0 Å². The third kappa shape index (κ3) is 5.93. The van der Waals surface area contributed by atoms with Gasteiger partial charge in [-0.05, 0) is 80.6 Å². The maximum Gasteiger partial charge on any atom is 0.251 e. The lowest BCUT2D eigenvalue weighted by Gasteiger charge is -2.37. The summed E-state index contributed by atoms with van der Waals surface area (Å²) in [5.74, 6) is -0.150. The van der Waals surface area contributed by atoms with Crippen LogP contribution in [0.3, 0.4) is 0 Å². The van der Waals surface area contributed by atoms with Crippen LogP contribution in [0, 0.1) is 0 Å². The summed E-state index contributed by atoms with van der Waals surface area (Å²) in [6.45, 7) is 9.11. The van der Waals surface area contributed by atoms with E-state index in [2.05, 4.69) is 40.4 Å². The van der Waals surface area contributed by atoms with Crippen molar-refractivity contribution in [1.29, 1.82) is 0 Å². The van der Waals surface area contributed by atoms with Crippen LogP contribution in [0.2, 0.25) is 0 Å². The van der Waals surface area contributed by atoms with E-state index in [-0.39, 0.29) is 16.8 Å². The molecular formula is C28H40N4O3S. The second-order valence-corrected chi connectivity index (χ2v) is 12.0. The highest BCUT2D eigenvalue weighted by Gasteiger charge is 2.27. The zero-order chi connectivity index (χ0) is 25.7. The van der Waals surface area contributed by atoms with Crippen LogP contribution < -0.4 is 10.2 Å². The van der Waals surface area contributed by atoms with Gasteiger partial charge in [-0.15, -0.1) is 0 Å². The quantitative estimate of drug-likeness (QED) is 0.557. The summed E-state index contributed by atoms with van der Waals surface area (Å²) in [6.07, 6.45) is 4.20. The summed E-state index contributed by atoms with van der Waals surface area (Å²) in [5.41, 5.74) is 4.53. The minimum Gasteiger partial charge on any atom is -0.369 e. The van der Waals surface area contributed by atoms with Crippen LogP contribution in [0.4, 0.5) is 5.69 Å². The Bertz CT molecular complexity index is 1140. The number of piperazine rings is 1. The minimum absolute atomic E-state index is 0.0617. The van der Waals surface area contributed by atoms with Crippen LogP contribution in [-0.2, 0) is 22.9 Å². The largest absolute Gasteiger partial charge is 0.369 e. The molecule has 0 spiro atoms. The fourth-order valence-electron chi connectivity index (χ4n) is 5.28. The monoisotopic (exact) mass is 512 g/mol. The van der Waals surface area contributed by atoms with Gasteiger partial charge in [0.1, 0.15) is 0 Å². The van der Waals surface area contributed by atoms with Gasteiger partial charge in [0.05, 0.1) is 4.90 Å². The van der Waals surface area contributed by atoms with Gasteiger partial charge in [0, 0.05) is 56.6 Å². The Morgan fingerprint density at radius 3 is 2.31 bits per heavy atom. The normalized spacial score (nSPS) is 18.8. The SMILES string of the molecule is CCCN(CCC)S(=O)(=O)c1ccc(C(=O)NC2CCc3cccc(N4CCN(C)CC4)c3C2)cc1. The Morgan fingerprint density at radius 2 is 1.67 bits per heavy atom. The van der Waals surface area contributed by atoms with Crippen LogP contribution in [-0.4, -0.2) is 75.9 Å². The number of carbonyl (C=O) groups excluding carboxylic acids is 1. The molecule has 1 N–H and O–H groups in total. The van der Waals surface area contributed by atoms with Crippen LogP contribution >= 0.6 is 0 Å². The van der Waals surface area contributed by atoms with Gasteiger partial charge >= 0.3 is 0 Å². The maximum absolute atomic E-state index is 13.1. The number of carbonyl (C=O) groups is 1. The zero-order valence-electron chi connectivity index (χ0n) is 21.9. The van der Waals surface area contributed by atoms with E-state index in [4.69, 9.17) is 0 Å². The fraction of sp³-hybridized carbons (Fsp3) is 0.536. The minimum atomic E-state index is -3.55. The Balaban J connectivity index is 1.43. The fourth-order valence-corrected chi connectivity index (χ4v) is 6.91. The van der Waals surface area contributed by atoms with E-state index in [0.717, 1.165) is 58.3 Å². The number of nitrogens with zero attached hydrogens (tertiary/aromatic N) is 3. The lowest BCUT2D eigenvalue weighted by Crippen LogP contribution is -2.45. The van der Waals surface area contributed by atoms with Gasteiger partial charge in [0.15, 0.2) is 0 Å². The van der Waals surface area contributed by atoms with Crippen molar-refractivity contribution in [3.05, 3.63) is 59.2 Å². The van der Waals surface area contributed by atoms with Gasteiger partial charge in [0.2, 0.25) is 10.0 Å². The van der Waals surface area contributed by atoms with Gasteiger partial charge in [-0.3, -0.25) is 4.79 Å². The van der Waals surface area contributed by atoms with Crippen LogP contribution in [0.15, 0.2) is 47.4 Å². The Labute approximate surface area is 216 Å². The second-order valence-electron chi connectivity index (χ2n) is 10.0. The molecule has 0 saturated carbocycles. The number of sulfonamides is 1.